The Kier molecular flexibility index (Phi) is 3.25. The lowest BCUT2D eigenvalue weighted by Gasteiger charge is -2.09. The van der Waals surface area contributed by atoms with Gasteiger partial charge in [-0.15, -0.1) is 0 Å². The lowest BCUT2D eigenvalue weighted by Crippen LogP contribution is -2.32. The van der Waals surface area contributed by atoms with Gasteiger partial charge in [-0.05, 0) is 26.0 Å². The summed E-state index contributed by atoms with van der Waals surface area (Å²) in [6.07, 6.45) is 1.59. The van der Waals surface area contributed by atoms with Gasteiger partial charge < -0.3 is 14.8 Å². The largest absolute Gasteiger partial charge is 0.618 e. The van der Waals surface area contributed by atoms with Crippen molar-refractivity contribution in [3.05, 3.63) is 46.3 Å². The summed E-state index contributed by atoms with van der Waals surface area (Å²) in [6.45, 7) is 4.78. The van der Waals surface area contributed by atoms with Crippen LogP contribution in [0.25, 0.3) is 28.1 Å². The first-order valence-corrected chi connectivity index (χ1v) is 7.90. The molecule has 8 nitrogen and oxygen atoms in total. The molecule has 0 amide bonds. The van der Waals surface area contributed by atoms with E-state index in [1.165, 1.54) is 0 Å². The Bertz CT molecular complexity index is 1130. The van der Waals surface area contributed by atoms with E-state index in [0.717, 1.165) is 4.73 Å². The van der Waals surface area contributed by atoms with E-state index in [1.54, 1.807) is 49.7 Å². The summed E-state index contributed by atoms with van der Waals surface area (Å²) in [5, 5.41) is 27.0. The van der Waals surface area contributed by atoms with Crippen molar-refractivity contribution >= 4 is 28.2 Å². The zero-order valence-corrected chi connectivity index (χ0v) is 14.4. The fourth-order valence-electron chi connectivity index (χ4n) is 2.75. The molecule has 0 spiro atoms. The lowest BCUT2D eigenvalue weighted by atomic mass is 10.1. The summed E-state index contributed by atoms with van der Waals surface area (Å²) in [4.78, 5) is 8.55. The van der Waals surface area contributed by atoms with Gasteiger partial charge in [0.25, 0.3) is 5.89 Å². The molecule has 25 heavy (non-hydrogen) atoms. The number of halogens is 1. The minimum atomic E-state index is -1.27. The van der Waals surface area contributed by atoms with E-state index < -0.39 is 5.60 Å². The molecule has 4 rings (SSSR count). The van der Waals surface area contributed by atoms with Gasteiger partial charge in [-0.25, -0.2) is 4.98 Å². The average molecular weight is 360 g/mol. The Balaban J connectivity index is 2.03. The summed E-state index contributed by atoms with van der Waals surface area (Å²) in [5.41, 5.74) is 1.22. The average Bonchev–Trinajstić information content (AvgIpc) is 3.18. The fourth-order valence-corrected chi connectivity index (χ4v) is 2.91. The molecule has 0 aliphatic heterocycles. The number of aromatic nitrogens is 5. The number of benzene rings is 1. The van der Waals surface area contributed by atoms with Gasteiger partial charge in [0.15, 0.2) is 0 Å². The van der Waals surface area contributed by atoms with Crippen molar-refractivity contribution in [3.8, 4) is 11.5 Å². The maximum atomic E-state index is 12.7. The van der Waals surface area contributed by atoms with Gasteiger partial charge in [0.1, 0.15) is 28.7 Å². The van der Waals surface area contributed by atoms with Gasteiger partial charge in [0.2, 0.25) is 17.0 Å². The Labute approximate surface area is 146 Å². The second-order valence-electron chi connectivity index (χ2n) is 6.31. The molecule has 0 atom stereocenters. The van der Waals surface area contributed by atoms with Crippen molar-refractivity contribution in [1.29, 1.82) is 0 Å². The smallest absolute Gasteiger partial charge is 0.258 e. The number of aliphatic hydroxyl groups is 1. The van der Waals surface area contributed by atoms with Crippen molar-refractivity contribution in [1.82, 2.24) is 19.5 Å². The normalized spacial score (nSPS) is 12.4. The molecule has 4 aromatic rings. The molecule has 1 N–H and O–H groups in total. The summed E-state index contributed by atoms with van der Waals surface area (Å²) < 4.78 is 7.70. The van der Waals surface area contributed by atoms with Crippen LogP contribution >= 0.6 is 11.6 Å². The number of aryl methyl sites for hydroxylation is 1. The molecule has 0 aliphatic rings. The highest BCUT2D eigenvalue weighted by Crippen LogP contribution is 2.28. The lowest BCUT2D eigenvalue weighted by molar-refractivity contribution is -0.583. The number of hydrogen-bond donors (Lipinski definition) is 1. The van der Waals surface area contributed by atoms with E-state index in [0.29, 0.717) is 33.0 Å². The topological polar surface area (TPSA) is 103 Å². The number of fused-ring (bicyclic) bond motifs is 3. The molecule has 0 fully saturated rings. The first kappa shape index (κ1) is 15.8. The Morgan fingerprint density at radius 3 is 2.80 bits per heavy atom. The molecule has 0 saturated carbocycles. The van der Waals surface area contributed by atoms with Crippen LogP contribution in [0, 0.1) is 12.1 Å². The van der Waals surface area contributed by atoms with Gasteiger partial charge in [-0.1, -0.05) is 16.8 Å². The molecule has 128 valence electrons. The van der Waals surface area contributed by atoms with Gasteiger partial charge in [0.05, 0.1) is 0 Å². The first-order valence-electron chi connectivity index (χ1n) is 7.53. The van der Waals surface area contributed by atoms with Gasteiger partial charge in [0, 0.05) is 18.0 Å². The molecule has 0 saturated heterocycles. The first-order chi connectivity index (χ1) is 11.8. The Morgan fingerprint density at radius 1 is 1.36 bits per heavy atom. The number of rotatable bonds is 2. The van der Waals surface area contributed by atoms with E-state index >= 15 is 0 Å². The molecule has 0 bridgehead atoms. The summed E-state index contributed by atoms with van der Waals surface area (Å²) >= 11 is 6.01. The second-order valence-corrected chi connectivity index (χ2v) is 6.74. The highest BCUT2D eigenvalue weighted by atomic mass is 35.5. The zero-order chi connectivity index (χ0) is 17.9. The molecular weight excluding hydrogens is 346 g/mol. The minimum absolute atomic E-state index is 0.0730. The molecular formula is C16H14ClN5O3. The quantitative estimate of drug-likeness (QED) is 0.435. The highest BCUT2D eigenvalue weighted by Gasteiger charge is 2.27. The van der Waals surface area contributed by atoms with Crippen LogP contribution in [0.3, 0.4) is 0 Å². The van der Waals surface area contributed by atoms with Crippen molar-refractivity contribution in [2.24, 2.45) is 0 Å². The third kappa shape index (κ3) is 2.33. The van der Waals surface area contributed by atoms with Crippen molar-refractivity contribution in [3.63, 3.8) is 0 Å². The predicted octanol–water partition coefficient (Wildman–Crippen LogP) is 2.36. The number of nitrogens with zero attached hydrogens (tertiary/aromatic N) is 5. The third-order valence-electron chi connectivity index (χ3n) is 3.99. The van der Waals surface area contributed by atoms with Gasteiger partial charge in [-0.2, -0.15) is 9.71 Å². The highest BCUT2D eigenvalue weighted by molar-refractivity contribution is 6.31. The second kappa shape index (κ2) is 5.14. The maximum Gasteiger partial charge on any atom is 0.258 e. The Hall–Kier alpha value is -2.71. The SMILES string of the molecule is Cc1c2c(-c3noc(C(C)(C)O)n3)ncn2c2ccc(Cl)cc2[n+]1[O-]. The standard InChI is InChI=1S/C16H14ClN5O3/c1-8-13-12(14-19-15(25-20-14)16(2,3)23)18-7-21(13)10-5-4-9(17)6-11(10)22(8)24/h4-7,23H,1-3H3. The van der Waals surface area contributed by atoms with E-state index in [4.69, 9.17) is 16.1 Å². The van der Waals surface area contributed by atoms with Crippen LogP contribution in [0.15, 0.2) is 29.0 Å². The van der Waals surface area contributed by atoms with Crippen molar-refractivity contribution < 1.29 is 14.4 Å². The van der Waals surface area contributed by atoms with E-state index in [2.05, 4.69) is 15.1 Å². The minimum Gasteiger partial charge on any atom is -0.618 e. The van der Waals surface area contributed by atoms with Crippen LogP contribution in [0.1, 0.15) is 25.4 Å². The molecule has 3 heterocycles. The predicted molar refractivity (Wildman–Crippen MR) is 89.9 cm³/mol. The van der Waals surface area contributed by atoms with Crippen LogP contribution in [-0.2, 0) is 5.60 Å². The van der Waals surface area contributed by atoms with Gasteiger partial charge >= 0.3 is 0 Å². The van der Waals surface area contributed by atoms with Crippen LogP contribution < -0.4 is 4.73 Å². The van der Waals surface area contributed by atoms with Crippen molar-refractivity contribution in [2.75, 3.05) is 0 Å². The van der Waals surface area contributed by atoms with Crippen LogP contribution in [0.4, 0.5) is 0 Å². The van der Waals surface area contributed by atoms with Crippen molar-refractivity contribution in [2.45, 2.75) is 26.4 Å². The molecule has 0 aliphatic carbocycles. The molecule has 1 aromatic carbocycles. The zero-order valence-electron chi connectivity index (χ0n) is 13.7. The van der Waals surface area contributed by atoms with Crippen LogP contribution in [0.2, 0.25) is 5.02 Å². The van der Waals surface area contributed by atoms with Crippen LogP contribution in [-0.4, -0.2) is 24.6 Å². The molecule has 0 radical (unpaired) electrons. The van der Waals surface area contributed by atoms with Gasteiger partial charge in [-0.3, -0.25) is 4.40 Å². The van der Waals surface area contributed by atoms with E-state index in [-0.39, 0.29) is 11.7 Å². The molecule has 9 heteroatoms. The third-order valence-corrected chi connectivity index (χ3v) is 4.23. The maximum absolute atomic E-state index is 12.7. The Morgan fingerprint density at radius 2 is 2.12 bits per heavy atom. The monoisotopic (exact) mass is 359 g/mol. The summed E-state index contributed by atoms with van der Waals surface area (Å²) in [7, 11) is 0. The summed E-state index contributed by atoms with van der Waals surface area (Å²) in [6, 6.07) is 5.07. The number of hydrogen-bond acceptors (Lipinski definition) is 6. The molecule has 0 unspecified atom stereocenters. The summed E-state index contributed by atoms with van der Waals surface area (Å²) in [5.74, 6) is 0.278. The fraction of sp³-hybridized carbons (Fsp3) is 0.250. The molecule has 3 aromatic heterocycles. The van der Waals surface area contributed by atoms with E-state index in [1.807, 2.05) is 0 Å². The van der Waals surface area contributed by atoms with E-state index in [9.17, 15) is 10.3 Å². The number of imidazole rings is 1. The van der Waals surface area contributed by atoms with Crippen LogP contribution in [0.5, 0.6) is 0 Å².